The first-order valence-corrected chi connectivity index (χ1v) is 7.48. The summed E-state index contributed by atoms with van der Waals surface area (Å²) in [6.07, 6.45) is 2.61. The van der Waals surface area contributed by atoms with Crippen molar-refractivity contribution in [3.05, 3.63) is 56.7 Å². The molecule has 0 spiro atoms. The third kappa shape index (κ3) is 3.85. The predicted molar refractivity (Wildman–Crippen MR) is 85.1 cm³/mol. The van der Waals surface area contributed by atoms with Crippen molar-refractivity contribution in [2.45, 2.75) is 19.4 Å². The first kappa shape index (κ1) is 14.6. The van der Waals surface area contributed by atoms with Gasteiger partial charge in [0.2, 0.25) is 0 Å². The Morgan fingerprint density at radius 2 is 1.95 bits per heavy atom. The van der Waals surface area contributed by atoms with Crippen LogP contribution in [-0.2, 0) is 0 Å². The summed E-state index contributed by atoms with van der Waals surface area (Å²) in [5.41, 5.74) is 1.99. The average Bonchev–Trinajstić information content (AvgIpc) is 2.41. The maximum atomic E-state index is 6.09. The highest BCUT2D eigenvalue weighted by atomic mass is 79.9. The summed E-state index contributed by atoms with van der Waals surface area (Å²) in [5.74, 6) is 0. The van der Waals surface area contributed by atoms with Gasteiger partial charge >= 0.3 is 0 Å². The number of nitrogens with one attached hydrogen (secondary N) is 1. The molecule has 2 nitrogen and oxygen atoms in total. The van der Waals surface area contributed by atoms with E-state index in [1.165, 1.54) is 5.56 Å². The molecule has 1 heterocycles. The van der Waals surface area contributed by atoms with Gasteiger partial charge in [-0.05, 0) is 46.1 Å². The zero-order valence-electron chi connectivity index (χ0n) is 10.3. The summed E-state index contributed by atoms with van der Waals surface area (Å²) >= 11 is 15.4. The minimum absolute atomic E-state index is 0.172. The van der Waals surface area contributed by atoms with Gasteiger partial charge in [0.25, 0.3) is 0 Å². The zero-order valence-corrected chi connectivity index (χ0v) is 13.4. The highest BCUT2D eigenvalue weighted by molar-refractivity contribution is 9.10. The predicted octanol–water partition coefficient (Wildman–Crippen LogP) is 5.71. The van der Waals surface area contributed by atoms with Crippen LogP contribution in [0.3, 0.4) is 0 Å². The fraction of sp³-hybridized carbons (Fsp3) is 0.214. The standard InChI is InChI=1S/C14H13BrCl2N2/c1-2-12(9-3-5-11(16)6-4-9)19-13-7-10(15)8-18-14(13)17/h3-8,12,19H,2H2,1H3. The first-order valence-electron chi connectivity index (χ1n) is 5.93. The average molecular weight is 360 g/mol. The Hall–Kier alpha value is -0.770. The van der Waals surface area contributed by atoms with Gasteiger partial charge in [0, 0.05) is 15.7 Å². The molecule has 2 aromatic rings. The fourth-order valence-corrected chi connectivity index (χ4v) is 2.44. The number of hydrogen-bond donors (Lipinski definition) is 1. The van der Waals surface area contributed by atoms with E-state index in [0.29, 0.717) is 5.15 Å². The quantitative estimate of drug-likeness (QED) is 0.706. The SMILES string of the molecule is CCC(Nc1cc(Br)cnc1Cl)c1ccc(Cl)cc1. The fourth-order valence-electron chi connectivity index (χ4n) is 1.83. The number of anilines is 1. The minimum atomic E-state index is 0.172. The summed E-state index contributed by atoms with van der Waals surface area (Å²) in [5, 5.41) is 4.61. The van der Waals surface area contributed by atoms with Crippen LogP contribution < -0.4 is 5.32 Å². The number of rotatable bonds is 4. The minimum Gasteiger partial charge on any atom is -0.376 e. The maximum Gasteiger partial charge on any atom is 0.152 e. The molecule has 100 valence electrons. The number of pyridine rings is 1. The van der Waals surface area contributed by atoms with E-state index in [4.69, 9.17) is 23.2 Å². The second-order valence-electron chi connectivity index (χ2n) is 4.15. The van der Waals surface area contributed by atoms with Crippen LogP contribution >= 0.6 is 39.1 Å². The largest absolute Gasteiger partial charge is 0.376 e. The summed E-state index contributed by atoms with van der Waals surface area (Å²) < 4.78 is 0.894. The van der Waals surface area contributed by atoms with Crippen LogP contribution in [0.4, 0.5) is 5.69 Å². The van der Waals surface area contributed by atoms with Crippen molar-refractivity contribution < 1.29 is 0 Å². The highest BCUT2D eigenvalue weighted by Crippen LogP contribution is 2.29. The third-order valence-corrected chi connectivity index (χ3v) is 3.80. The van der Waals surface area contributed by atoms with Crippen molar-refractivity contribution in [3.63, 3.8) is 0 Å². The third-order valence-electron chi connectivity index (χ3n) is 2.82. The number of benzene rings is 1. The smallest absolute Gasteiger partial charge is 0.152 e. The van der Waals surface area contributed by atoms with Crippen LogP contribution in [-0.4, -0.2) is 4.98 Å². The van der Waals surface area contributed by atoms with Crippen LogP contribution in [0.5, 0.6) is 0 Å². The van der Waals surface area contributed by atoms with Crippen molar-refractivity contribution in [3.8, 4) is 0 Å². The second kappa shape index (κ2) is 6.60. The van der Waals surface area contributed by atoms with E-state index in [9.17, 15) is 0 Å². The summed E-state index contributed by atoms with van der Waals surface area (Å²) in [4.78, 5) is 4.11. The molecule has 0 bridgehead atoms. The molecule has 0 saturated heterocycles. The van der Waals surface area contributed by atoms with Crippen LogP contribution in [0, 0.1) is 0 Å². The zero-order chi connectivity index (χ0) is 13.8. The summed E-state index contributed by atoms with van der Waals surface area (Å²) in [6, 6.07) is 9.91. The molecule has 0 aliphatic rings. The second-order valence-corrected chi connectivity index (χ2v) is 5.86. The van der Waals surface area contributed by atoms with Crippen LogP contribution in [0.15, 0.2) is 41.0 Å². The summed E-state index contributed by atoms with van der Waals surface area (Å²) in [6.45, 7) is 2.12. The molecule has 1 atom stereocenters. The molecule has 0 amide bonds. The van der Waals surface area contributed by atoms with E-state index in [2.05, 4.69) is 33.2 Å². The van der Waals surface area contributed by atoms with Gasteiger partial charge in [-0.15, -0.1) is 0 Å². The van der Waals surface area contributed by atoms with Crippen LogP contribution in [0.2, 0.25) is 10.2 Å². The van der Waals surface area contributed by atoms with Crippen molar-refractivity contribution in [2.24, 2.45) is 0 Å². The number of hydrogen-bond acceptors (Lipinski definition) is 2. The van der Waals surface area contributed by atoms with Crippen LogP contribution in [0.1, 0.15) is 24.9 Å². The molecular formula is C14H13BrCl2N2. The Labute approximate surface area is 131 Å². The van der Waals surface area contributed by atoms with Gasteiger partial charge in [-0.1, -0.05) is 42.3 Å². The highest BCUT2D eigenvalue weighted by Gasteiger charge is 2.11. The van der Waals surface area contributed by atoms with E-state index in [1.54, 1.807) is 6.20 Å². The van der Waals surface area contributed by atoms with Crippen molar-refractivity contribution in [1.29, 1.82) is 0 Å². The lowest BCUT2D eigenvalue weighted by Crippen LogP contribution is -2.10. The lowest BCUT2D eigenvalue weighted by molar-refractivity contribution is 0.748. The molecule has 1 aromatic heterocycles. The van der Waals surface area contributed by atoms with Gasteiger partial charge in [-0.3, -0.25) is 0 Å². The molecule has 0 aliphatic heterocycles. The number of halogens is 3. The van der Waals surface area contributed by atoms with Gasteiger partial charge in [-0.2, -0.15) is 0 Å². The molecule has 19 heavy (non-hydrogen) atoms. The molecule has 0 fully saturated rings. The van der Waals surface area contributed by atoms with Crippen LogP contribution in [0.25, 0.3) is 0 Å². The van der Waals surface area contributed by atoms with Gasteiger partial charge in [0.05, 0.1) is 11.7 Å². The Balaban J connectivity index is 2.23. The van der Waals surface area contributed by atoms with Gasteiger partial charge in [-0.25, -0.2) is 4.98 Å². The molecule has 1 N–H and O–H groups in total. The Kier molecular flexibility index (Phi) is 5.08. The topological polar surface area (TPSA) is 24.9 Å². The summed E-state index contributed by atoms with van der Waals surface area (Å²) in [7, 11) is 0. The Morgan fingerprint density at radius 1 is 1.26 bits per heavy atom. The van der Waals surface area contributed by atoms with E-state index in [-0.39, 0.29) is 6.04 Å². The Bertz CT molecular complexity index is 558. The molecule has 5 heteroatoms. The monoisotopic (exact) mass is 358 g/mol. The first-order chi connectivity index (χ1) is 9.10. The lowest BCUT2D eigenvalue weighted by atomic mass is 10.0. The molecular weight excluding hydrogens is 347 g/mol. The van der Waals surface area contributed by atoms with Crippen molar-refractivity contribution >= 4 is 44.8 Å². The van der Waals surface area contributed by atoms with Gasteiger partial charge < -0.3 is 5.32 Å². The number of aromatic nitrogens is 1. The van der Waals surface area contributed by atoms with E-state index in [1.807, 2.05) is 30.3 Å². The number of nitrogens with zero attached hydrogens (tertiary/aromatic N) is 1. The van der Waals surface area contributed by atoms with Gasteiger partial charge in [0.15, 0.2) is 5.15 Å². The molecule has 2 rings (SSSR count). The van der Waals surface area contributed by atoms with Crippen molar-refractivity contribution in [1.82, 2.24) is 4.98 Å². The molecule has 0 radical (unpaired) electrons. The lowest BCUT2D eigenvalue weighted by Gasteiger charge is -2.19. The van der Waals surface area contributed by atoms with E-state index < -0.39 is 0 Å². The van der Waals surface area contributed by atoms with E-state index >= 15 is 0 Å². The molecule has 0 aliphatic carbocycles. The molecule has 1 unspecified atom stereocenters. The Morgan fingerprint density at radius 3 is 2.58 bits per heavy atom. The van der Waals surface area contributed by atoms with E-state index in [0.717, 1.165) is 21.6 Å². The van der Waals surface area contributed by atoms with Gasteiger partial charge in [0.1, 0.15) is 0 Å². The van der Waals surface area contributed by atoms with Crippen molar-refractivity contribution in [2.75, 3.05) is 5.32 Å². The molecule has 1 aromatic carbocycles. The maximum absolute atomic E-state index is 6.09. The molecule has 0 saturated carbocycles. The normalized spacial score (nSPS) is 12.2.